The van der Waals surface area contributed by atoms with Crippen LogP contribution < -0.4 is 9.47 Å². The molecule has 0 aliphatic carbocycles. The van der Waals surface area contributed by atoms with Crippen LogP contribution >= 0.6 is 11.6 Å². The maximum Gasteiger partial charge on any atom is 0.226 e. The standard InChI is InChI=1S/C31H33ClN2O4/c1-35-17-18-36-28-7-2-8-29-26(28)20-22(25-6-3-13-33-30(25)38-29)5-4-14-34-15-11-31(12-16-34)27-10-9-24(32)19-23(27)21-37-31/h2-3,5-10,13,19H,4,11-12,14-18,20-21H2,1H3. The van der Waals surface area contributed by atoms with Crippen molar-refractivity contribution >= 4 is 17.2 Å². The lowest BCUT2D eigenvalue weighted by atomic mass is 9.84. The van der Waals surface area contributed by atoms with Crippen molar-refractivity contribution in [3.63, 3.8) is 0 Å². The zero-order valence-corrected chi connectivity index (χ0v) is 22.5. The third-order valence-corrected chi connectivity index (χ3v) is 8.12. The SMILES string of the molecule is COCCOc1cccc2c1CC(=CCCN1CCC3(CC1)OCc1cc(Cl)ccc13)c1cccnc1O2. The number of nitrogens with zero attached hydrogens (tertiary/aromatic N) is 2. The van der Waals surface area contributed by atoms with Gasteiger partial charge in [0.15, 0.2) is 0 Å². The molecular formula is C31H33ClN2O4. The molecule has 4 heterocycles. The van der Waals surface area contributed by atoms with Crippen molar-refractivity contribution in [3.8, 4) is 17.4 Å². The van der Waals surface area contributed by atoms with Gasteiger partial charge in [-0.2, -0.15) is 0 Å². The van der Waals surface area contributed by atoms with Gasteiger partial charge in [0.1, 0.15) is 18.1 Å². The Kier molecular flexibility index (Phi) is 7.39. The van der Waals surface area contributed by atoms with E-state index < -0.39 is 0 Å². The lowest BCUT2D eigenvalue weighted by Gasteiger charge is -2.39. The number of ether oxygens (including phenoxy) is 4. The highest BCUT2D eigenvalue weighted by atomic mass is 35.5. The molecule has 198 valence electrons. The first-order valence-corrected chi connectivity index (χ1v) is 13.7. The highest BCUT2D eigenvalue weighted by molar-refractivity contribution is 6.30. The summed E-state index contributed by atoms with van der Waals surface area (Å²) in [5, 5.41) is 0.784. The van der Waals surface area contributed by atoms with Crippen molar-refractivity contribution in [2.45, 2.75) is 37.9 Å². The van der Waals surface area contributed by atoms with Crippen LogP contribution in [0.25, 0.3) is 5.57 Å². The summed E-state index contributed by atoms with van der Waals surface area (Å²) in [5.74, 6) is 2.27. The predicted octanol–water partition coefficient (Wildman–Crippen LogP) is 6.40. The number of pyridine rings is 1. The van der Waals surface area contributed by atoms with Crippen molar-refractivity contribution in [3.05, 3.63) is 88.1 Å². The van der Waals surface area contributed by atoms with Gasteiger partial charge in [-0.05, 0) is 72.4 Å². The minimum atomic E-state index is -0.152. The summed E-state index contributed by atoms with van der Waals surface area (Å²) in [7, 11) is 1.68. The van der Waals surface area contributed by atoms with Gasteiger partial charge in [0, 0.05) is 55.5 Å². The molecule has 3 aliphatic heterocycles. The molecule has 3 aromatic rings. The molecule has 1 aromatic heterocycles. The minimum Gasteiger partial charge on any atom is -0.491 e. The van der Waals surface area contributed by atoms with Gasteiger partial charge in [-0.3, -0.25) is 0 Å². The fraction of sp³-hybridized carbons (Fsp3) is 0.387. The topological polar surface area (TPSA) is 53.1 Å². The van der Waals surface area contributed by atoms with Gasteiger partial charge in [0.2, 0.25) is 5.88 Å². The number of piperidine rings is 1. The number of likely N-dealkylation sites (tertiary alicyclic amines) is 1. The smallest absolute Gasteiger partial charge is 0.226 e. The Bertz CT molecular complexity index is 1330. The van der Waals surface area contributed by atoms with Crippen molar-refractivity contribution in [1.82, 2.24) is 9.88 Å². The number of hydrogen-bond acceptors (Lipinski definition) is 6. The fourth-order valence-electron chi connectivity index (χ4n) is 5.87. The van der Waals surface area contributed by atoms with Crippen molar-refractivity contribution in [1.29, 1.82) is 0 Å². The third kappa shape index (κ3) is 5.06. The van der Waals surface area contributed by atoms with Gasteiger partial charge in [-0.1, -0.05) is 29.8 Å². The van der Waals surface area contributed by atoms with Crippen molar-refractivity contribution < 1.29 is 18.9 Å². The number of methoxy groups -OCH3 is 1. The van der Waals surface area contributed by atoms with E-state index in [1.807, 2.05) is 30.3 Å². The lowest BCUT2D eigenvalue weighted by molar-refractivity contribution is -0.0785. The predicted molar refractivity (Wildman–Crippen MR) is 148 cm³/mol. The summed E-state index contributed by atoms with van der Waals surface area (Å²) in [5.41, 5.74) is 5.72. The van der Waals surface area contributed by atoms with Gasteiger partial charge in [-0.25, -0.2) is 4.98 Å². The molecule has 0 atom stereocenters. The van der Waals surface area contributed by atoms with Gasteiger partial charge in [0.25, 0.3) is 0 Å². The summed E-state index contributed by atoms with van der Waals surface area (Å²) in [6, 6.07) is 16.2. The van der Waals surface area contributed by atoms with E-state index in [0.717, 1.165) is 73.0 Å². The summed E-state index contributed by atoms with van der Waals surface area (Å²) in [6.07, 6.45) is 7.82. The number of rotatable bonds is 7. The van der Waals surface area contributed by atoms with Crippen LogP contribution in [0.1, 0.15) is 41.5 Å². The number of aromatic nitrogens is 1. The van der Waals surface area contributed by atoms with Crippen LogP contribution in [0.15, 0.2) is 60.8 Å². The Morgan fingerprint density at radius 2 is 2.00 bits per heavy atom. The molecule has 0 amide bonds. The normalized spacial score (nSPS) is 18.9. The molecule has 1 fully saturated rings. The molecule has 2 aromatic carbocycles. The van der Waals surface area contributed by atoms with Gasteiger partial charge in [-0.15, -0.1) is 0 Å². The van der Waals surface area contributed by atoms with E-state index >= 15 is 0 Å². The van der Waals surface area contributed by atoms with Crippen LogP contribution in [-0.2, 0) is 28.1 Å². The van der Waals surface area contributed by atoms with E-state index in [-0.39, 0.29) is 5.60 Å². The molecule has 7 heteroatoms. The maximum atomic E-state index is 6.35. The molecular weight excluding hydrogens is 500 g/mol. The molecule has 0 radical (unpaired) electrons. The van der Waals surface area contributed by atoms with Crippen LogP contribution in [0.5, 0.6) is 17.4 Å². The van der Waals surface area contributed by atoms with Crippen molar-refractivity contribution in [2.24, 2.45) is 0 Å². The second kappa shape index (κ2) is 11.1. The first-order valence-electron chi connectivity index (χ1n) is 13.4. The number of benzene rings is 2. The van der Waals surface area contributed by atoms with Gasteiger partial charge >= 0.3 is 0 Å². The summed E-state index contributed by atoms with van der Waals surface area (Å²) < 4.78 is 23.8. The first kappa shape index (κ1) is 25.4. The first-order chi connectivity index (χ1) is 18.6. The van der Waals surface area contributed by atoms with E-state index in [1.54, 1.807) is 13.3 Å². The summed E-state index contributed by atoms with van der Waals surface area (Å²) in [6.45, 7) is 4.74. The van der Waals surface area contributed by atoms with E-state index in [2.05, 4.69) is 34.2 Å². The molecule has 0 saturated carbocycles. The van der Waals surface area contributed by atoms with Crippen LogP contribution in [-0.4, -0.2) is 49.8 Å². The number of fused-ring (bicyclic) bond motifs is 4. The third-order valence-electron chi connectivity index (χ3n) is 7.89. The zero-order valence-electron chi connectivity index (χ0n) is 21.7. The molecule has 0 bridgehead atoms. The van der Waals surface area contributed by atoms with E-state index in [0.29, 0.717) is 25.7 Å². The molecule has 3 aliphatic rings. The van der Waals surface area contributed by atoms with E-state index in [9.17, 15) is 0 Å². The van der Waals surface area contributed by atoms with Crippen LogP contribution in [0.4, 0.5) is 0 Å². The average Bonchev–Trinajstić information content (AvgIpc) is 3.18. The average molecular weight is 533 g/mol. The molecule has 6 rings (SSSR count). The monoisotopic (exact) mass is 532 g/mol. The summed E-state index contributed by atoms with van der Waals surface area (Å²) >= 11 is 6.21. The van der Waals surface area contributed by atoms with Crippen LogP contribution in [0, 0.1) is 0 Å². The largest absolute Gasteiger partial charge is 0.491 e. The maximum absolute atomic E-state index is 6.35. The second-order valence-corrected chi connectivity index (χ2v) is 10.6. The Labute approximate surface area is 229 Å². The van der Waals surface area contributed by atoms with E-state index in [4.69, 9.17) is 30.5 Å². The number of hydrogen-bond donors (Lipinski definition) is 0. The lowest BCUT2D eigenvalue weighted by Crippen LogP contribution is -2.42. The van der Waals surface area contributed by atoms with Gasteiger partial charge < -0.3 is 23.8 Å². The van der Waals surface area contributed by atoms with Crippen LogP contribution in [0.3, 0.4) is 0 Å². The molecule has 38 heavy (non-hydrogen) atoms. The van der Waals surface area contributed by atoms with Crippen molar-refractivity contribution in [2.75, 3.05) is 40.0 Å². The summed E-state index contributed by atoms with van der Waals surface area (Å²) in [4.78, 5) is 7.09. The Morgan fingerprint density at radius 1 is 1.11 bits per heavy atom. The van der Waals surface area contributed by atoms with Crippen LogP contribution in [0.2, 0.25) is 5.02 Å². The molecule has 1 saturated heterocycles. The molecule has 6 nitrogen and oxygen atoms in total. The van der Waals surface area contributed by atoms with E-state index in [1.165, 1.54) is 16.7 Å². The Hall–Kier alpha value is -2.90. The number of allylic oxidation sites excluding steroid dienone is 1. The minimum absolute atomic E-state index is 0.152. The Balaban J connectivity index is 1.15. The molecule has 1 spiro atoms. The highest BCUT2D eigenvalue weighted by Gasteiger charge is 2.42. The second-order valence-electron chi connectivity index (χ2n) is 10.2. The molecule has 0 N–H and O–H groups in total. The fourth-order valence-corrected chi connectivity index (χ4v) is 6.06. The molecule has 0 unspecified atom stereocenters. The van der Waals surface area contributed by atoms with Gasteiger partial charge in [0.05, 0.1) is 18.8 Å². The quantitative estimate of drug-likeness (QED) is 0.328. The Morgan fingerprint density at radius 3 is 2.87 bits per heavy atom. The highest BCUT2D eigenvalue weighted by Crippen LogP contribution is 2.45. The zero-order chi connectivity index (χ0) is 26.0. The number of halogens is 1.